The Morgan fingerprint density at radius 3 is 2.16 bits per heavy atom. The molecule has 3 aromatic rings. The van der Waals surface area contributed by atoms with Gasteiger partial charge in [0.15, 0.2) is 6.61 Å². The number of ether oxygens (including phenoxy) is 2. The molecule has 0 aromatic heterocycles. The molecular formula is C22H21ClN2O5S. The van der Waals surface area contributed by atoms with Crippen LogP contribution in [0, 0.1) is 0 Å². The van der Waals surface area contributed by atoms with Crippen molar-refractivity contribution in [2.24, 2.45) is 0 Å². The summed E-state index contributed by atoms with van der Waals surface area (Å²) >= 11 is 6.00. The Morgan fingerprint density at radius 2 is 1.52 bits per heavy atom. The first-order valence-corrected chi connectivity index (χ1v) is 11.3. The molecule has 162 valence electrons. The Hall–Kier alpha value is -3.23. The normalized spacial score (nSPS) is 10.9. The van der Waals surface area contributed by atoms with Gasteiger partial charge >= 0.3 is 0 Å². The van der Waals surface area contributed by atoms with Crippen LogP contribution in [-0.4, -0.2) is 27.5 Å². The van der Waals surface area contributed by atoms with Gasteiger partial charge in [0.05, 0.1) is 22.2 Å². The Morgan fingerprint density at radius 1 is 0.903 bits per heavy atom. The Labute approximate surface area is 186 Å². The Balaban J connectivity index is 1.57. The van der Waals surface area contributed by atoms with Crippen LogP contribution in [0.25, 0.3) is 0 Å². The molecule has 0 atom stereocenters. The minimum atomic E-state index is -3.77. The smallest absolute Gasteiger partial charge is 0.262 e. The maximum absolute atomic E-state index is 12.6. The minimum absolute atomic E-state index is 0.0641. The van der Waals surface area contributed by atoms with Crippen molar-refractivity contribution >= 4 is 38.9 Å². The Kier molecular flexibility index (Phi) is 7.38. The van der Waals surface area contributed by atoms with Crippen LogP contribution < -0.4 is 19.5 Å². The van der Waals surface area contributed by atoms with Gasteiger partial charge < -0.3 is 14.8 Å². The highest BCUT2D eigenvalue weighted by molar-refractivity contribution is 7.92. The number of para-hydroxylation sites is 1. The summed E-state index contributed by atoms with van der Waals surface area (Å²) in [7, 11) is -3.77. The zero-order chi connectivity index (χ0) is 22.3. The standard InChI is InChI=1S/C22H21ClN2O5S/c1-2-29-17-9-7-16(8-10-17)25-31(27,28)19-13-11-18(12-14-19)30-15-22(26)24-21-6-4-3-5-20(21)23/h3-14,25H,2,15H2,1H3,(H,24,26). The number of rotatable bonds is 9. The number of benzene rings is 3. The molecule has 0 heterocycles. The van der Waals surface area contributed by atoms with E-state index in [1.807, 2.05) is 6.92 Å². The molecule has 0 bridgehead atoms. The molecular weight excluding hydrogens is 440 g/mol. The van der Waals surface area contributed by atoms with Crippen molar-refractivity contribution in [3.63, 3.8) is 0 Å². The quantitative estimate of drug-likeness (QED) is 0.488. The van der Waals surface area contributed by atoms with Gasteiger partial charge in [-0.2, -0.15) is 0 Å². The van der Waals surface area contributed by atoms with E-state index in [9.17, 15) is 13.2 Å². The number of sulfonamides is 1. The first kappa shape index (κ1) is 22.5. The third-order valence-corrected chi connectivity index (χ3v) is 5.80. The maximum Gasteiger partial charge on any atom is 0.262 e. The zero-order valence-electron chi connectivity index (χ0n) is 16.7. The number of hydrogen-bond acceptors (Lipinski definition) is 5. The monoisotopic (exact) mass is 460 g/mol. The molecule has 3 rings (SSSR count). The summed E-state index contributed by atoms with van der Waals surface area (Å²) in [6.07, 6.45) is 0. The highest BCUT2D eigenvalue weighted by Gasteiger charge is 2.15. The lowest BCUT2D eigenvalue weighted by molar-refractivity contribution is -0.118. The van der Waals surface area contributed by atoms with Gasteiger partial charge in [-0.15, -0.1) is 0 Å². The predicted molar refractivity (Wildman–Crippen MR) is 120 cm³/mol. The number of amides is 1. The van der Waals surface area contributed by atoms with Gasteiger partial charge in [-0.05, 0) is 67.6 Å². The van der Waals surface area contributed by atoms with Crippen LogP contribution in [0.1, 0.15) is 6.92 Å². The number of nitrogens with one attached hydrogen (secondary N) is 2. The molecule has 0 saturated carbocycles. The summed E-state index contributed by atoms with van der Waals surface area (Å²) < 4.78 is 38.4. The number of anilines is 2. The van der Waals surface area contributed by atoms with E-state index < -0.39 is 10.0 Å². The molecule has 0 spiro atoms. The molecule has 0 radical (unpaired) electrons. The molecule has 0 aliphatic carbocycles. The topological polar surface area (TPSA) is 93.7 Å². The summed E-state index contributed by atoms with van der Waals surface area (Å²) in [5.74, 6) is 0.627. The maximum atomic E-state index is 12.6. The lowest BCUT2D eigenvalue weighted by Gasteiger charge is -2.11. The molecule has 0 fully saturated rings. The third kappa shape index (κ3) is 6.37. The van der Waals surface area contributed by atoms with Crippen LogP contribution in [0.15, 0.2) is 77.7 Å². The second kappa shape index (κ2) is 10.2. The van der Waals surface area contributed by atoms with Crippen LogP contribution in [0.2, 0.25) is 5.02 Å². The van der Waals surface area contributed by atoms with Gasteiger partial charge in [0.1, 0.15) is 11.5 Å². The molecule has 2 N–H and O–H groups in total. The number of halogens is 1. The van der Waals surface area contributed by atoms with E-state index in [2.05, 4.69) is 10.0 Å². The lowest BCUT2D eigenvalue weighted by atomic mass is 10.3. The van der Waals surface area contributed by atoms with Crippen molar-refractivity contribution in [3.05, 3.63) is 77.8 Å². The average Bonchev–Trinajstić information content (AvgIpc) is 2.76. The largest absolute Gasteiger partial charge is 0.494 e. The van der Waals surface area contributed by atoms with Crippen molar-refractivity contribution < 1.29 is 22.7 Å². The van der Waals surface area contributed by atoms with Crippen LogP contribution in [0.5, 0.6) is 11.5 Å². The predicted octanol–water partition coefficient (Wildman–Crippen LogP) is 4.56. The third-order valence-electron chi connectivity index (χ3n) is 4.07. The highest BCUT2D eigenvalue weighted by atomic mass is 35.5. The number of hydrogen-bond donors (Lipinski definition) is 2. The summed E-state index contributed by atoms with van der Waals surface area (Å²) in [5, 5.41) is 3.07. The molecule has 1 amide bonds. The number of carbonyl (C=O) groups is 1. The van der Waals surface area contributed by atoms with E-state index in [1.165, 1.54) is 24.3 Å². The van der Waals surface area contributed by atoms with Crippen molar-refractivity contribution in [1.82, 2.24) is 0 Å². The van der Waals surface area contributed by atoms with Gasteiger partial charge in [0.25, 0.3) is 15.9 Å². The first-order chi connectivity index (χ1) is 14.9. The molecule has 9 heteroatoms. The molecule has 31 heavy (non-hydrogen) atoms. The van der Waals surface area contributed by atoms with Gasteiger partial charge in [-0.25, -0.2) is 8.42 Å². The SMILES string of the molecule is CCOc1ccc(NS(=O)(=O)c2ccc(OCC(=O)Nc3ccccc3Cl)cc2)cc1. The lowest BCUT2D eigenvalue weighted by Crippen LogP contribution is -2.20. The molecule has 0 aliphatic rings. The highest BCUT2D eigenvalue weighted by Crippen LogP contribution is 2.22. The fourth-order valence-electron chi connectivity index (χ4n) is 2.61. The van der Waals surface area contributed by atoms with Crippen LogP contribution in [0.3, 0.4) is 0 Å². The molecule has 0 saturated heterocycles. The molecule has 3 aromatic carbocycles. The summed E-state index contributed by atoms with van der Waals surface area (Å²) in [4.78, 5) is 12.1. The van der Waals surface area contributed by atoms with Crippen LogP contribution >= 0.6 is 11.6 Å². The fourth-order valence-corrected chi connectivity index (χ4v) is 3.85. The Bertz CT molecular complexity index is 1130. The van der Waals surface area contributed by atoms with E-state index in [1.54, 1.807) is 48.5 Å². The summed E-state index contributed by atoms with van der Waals surface area (Å²) in [6.45, 7) is 2.15. The fraction of sp³-hybridized carbons (Fsp3) is 0.136. The minimum Gasteiger partial charge on any atom is -0.494 e. The molecule has 0 aliphatic heterocycles. The molecule has 7 nitrogen and oxygen atoms in total. The van der Waals surface area contributed by atoms with Gasteiger partial charge in [-0.1, -0.05) is 23.7 Å². The van der Waals surface area contributed by atoms with Crippen LogP contribution in [0.4, 0.5) is 11.4 Å². The second-order valence-electron chi connectivity index (χ2n) is 6.35. The van der Waals surface area contributed by atoms with Crippen molar-refractivity contribution in [3.8, 4) is 11.5 Å². The molecule has 0 unspecified atom stereocenters. The van der Waals surface area contributed by atoms with Gasteiger partial charge in [0.2, 0.25) is 0 Å². The van der Waals surface area contributed by atoms with E-state index in [-0.39, 0.29) is 17.4 Å². The second-order valence-corrected chi connectivity index (χ2v) is 8.44. The van der Waals surface area contributed by atoms with E-state index >= 15 is 0 Å². The summed E-state index contributed by atoms with van der Waals surface area (Å²) in [5.41, 5.74) is 0.902. The van der Waals surface area contributed by atoms with Gasteiger partial charge in [0, 0.05) is 5.69 Å². The van der Waals surface area contributed by atoms with Crippen molar-refractivity contribution in [2.45, 2.75) is 11.8 Å². The van der Waals surface area contributed by atoms with Gasteiger partial charge in [-0.3, -0.25) is 9.52 Å². The average molecular weight is 461 g/mol. The van der Waals surface area contributed by atoms with E-state index in [0.29, 0.717) is 34.5 Å². The van der Waals surface area contributed by atoms with Crippen molar-refractivity contribution in [1.29, 1.82) is 0 Å². The zero-order valence-corrected chi connectivity index (χ0v) is 18.2. The number of carbonyl (C=O) groups excluding carboxylic acids is 1. The van der Waals surface area contributed by atoms with E-state index in [4.69, 9.17) is 21.1 Å². The van der Waals surface area contributed by atoms with E-state index in [0.717, 1.165) is 0 Å². The first-order valence-electron chi connectivity index (χ1n) is 9.40. The van der Waals surface area contributed by atoms with Crippen LogP contribution in [-0.2, 0) is 14.8 Å². The van der Waals surface area contributed by atoms with Crippen molar-refractivity contribution in [2.75, 3.05) is 23.3 Å². The summed E-state index contributed by atoms with van der Waals surface area (Å²) in [6, 6.07) is 19.2.